The maximum absolute atomic E-state index is 14.1. The summed E-state index contributed by atoms with van der Waals surface area (Å²) in [6.07, 6.45) is 3.22. The van der Waals surface area contributed by atoms with Gasteiger partial charge in [-0.05, 0) is 43.8 Å². The van der Waals surface area contributed by atoms with Gasteiger partial charge in [0.1, 0.15) is 5.82 Å². The van der Waals surface area contributed by atoms with Crippen molar-refractivity contribution in [2.45, 2.75) is 26.9 Å². The van der Waals surface area contributed by atoms with Gasteiger partial charge in [0.2, 0.25) is 5.82 Å². The van der Waals surface area contributed by atoms with E-state index in [-0.39, 0.29) is 10.9 Å². The molecule has 2 heterocycles. The molecule has 0 spiro atoms. The maximum atomic E-state index is 14.1. The summed E-state index contributed by atoms with van der Waals surface area (Å²) in [4.78, 5) is 0. The molecular formula is C23H18F6N6S. The van der Waals surface area contributed by atoms with Crippen molar-refractivity contribution in [1.82, 2.24) is 19.6 Å². The molecule has 2 aromatic heterocycles. The van der Waals surface area contributed by atoms with Crippen molar-refractivity contribution in [3.63, 3.8) is 0 Å². The van der Waals surface area contributed by atoms with Gasteiger partial charge in [0, 0.05) is 6.20 Å². The zero-order chi connectivity index (χ0) is 26.1. The molecule has 0 unspecified atom stereocenters. The number of nitrogens with zero attached hydrogens (tertiary/aromatic N) is 4. The molecule has 188 valence electrons. The van der Waals surface area contributed by atoms with E-state index in [0.29, 0.717) is 29.3 Å². The number of anilines is 2. The topological polar surface area (TPSA) is 59.7 Å². The van der Waals surface area contributed by atoms with E-state index in [2.05, 4.69) is 20.8 Å². The number of thiocarbonyl (C=S) groups is 1. The summed E-state index contributed by atoms with van der Waals surface area (Å²) >= 11 is 5.32. The molecule has 0 aliphatic carbocycles. The van der Waals surface area contributed by atoms with Crippen molar-refractivity contribution in [1.29, 1.82) is 0 Å². The number of aryl methyl sites for hydroxylation is 1. The molecule has 13 heteroatoms. The van der Waals surface area contributed by atoms with Gasteiger partial charge in [0.15, 0.2) is 28.4 Å². The molecule has 4 aromatic rings. The minimum atomic E-state index is -2.22. The van der Waals surface area contributed by atoms with E-state index in [1.54, 1.807) is 36.9 Å². The van der Waals surface area contributed by atoms with Gasteiger partial charge in [-0.3, -0.25) is 9.36 Å². The maximum Gasteiger partial charge on any atom is 0.200 e. The molecule has 0 bridgehead atoms. The Kier molecular flexibility index (Phi) is 7.02. The zero-order valence-electron chi connectivity index (χ0n) is 18.8. The highest BCUT2D eigenvalue weighted by atomic mass is 32.1. The molecule has 0 atom stereocenters. The van der Waals surface area contributed by atoms with Crippen LogP contribution in [0.2, 0.25) is 0 Å². The Morgan fingerprint density at radius 1 is 0.861 bits per heavy atom. The van der Waals surface area contributed by atoms with Crippen molar-refractivity contribution < 1.29 is 26.3 Å². The minimum Gasteiger partial charge on any atom is -0.330 e. The standard InChI is InChI=1S/C23H18F6N6S/c1-11-22(12(2)35(33-11)10-16-17(25)19(27)21(29)20(28)18(16)26)32-23(36)31-15-7-30-34(9-15)8-13-3-5-14(24)6-4-13/h3-7,9H,8,10H2,1-2H3,(H2,31,32,36). The van der Waals surface area contributed by atoms with Crippen LogP contribution in [0, 0.1) is 48.8 Å². The monoisotopic (exact) mass is 524 g/mol. The van der Waals surface area contributed by atoms with E-state index < -0.39 is 41.2 Å². The van der Waals surface area contributed by atoms with Crippen molar-refractivity contribution in [2.75, 3.05) is 10.6 Å². The number of aromatic nitrogens is 4. The fraction of sp³-hybridized carbons (Fsp3) is 0.174. The molecule has 2 aromatic carbocycles. The Hall–Kier alpha value is -3.87. The summed E-state index contributed by atoms with van der Waals surface area (Å²) < 4.78 is 84.5. The fourth-order valence-corrected chi connectivity index (χ4v) is 3.76. The molecule has 0 fully saturated rings. The molecule has 0 saturated carbocycles. The second-order valence-electron chi connectivity index (χ2n) is 7.88. The van der Waals surface area contributed by atoms with Crippen LogP contribution in [0.3, 0.4) is 0 Å². The van der Waals surface area contributed by atoms with Crippen molar-refractivity contribution in [3.8, 4) is 0 Å². The van der Waals surface area contributed by atoms with E-state index in [4.69, 9.17) is 12.2 Å². The van der Waals surface area contributed by atoms with E-state index in [9.17, 15) is 26.3 Å². The number of nitrogens with one attached hydrogen (secondary N) is 2. The number of benzene rings is 2. The number of hydrogen-bond acceptors (Lipinski definition) is 3. The van der Waals surface area contributed by atoms with Crippen molar-refractivity contribution in [3.05, 3.63) is 94.1 Å². The van der Waals surface area contributed by atoms with Gasteiger partial charge >= 0.3 is 0 Å². The first-order valence-electron chi connectivity index (χ1n) is 10.4. The summed E-state index contributed by atoms with van der Waals surface area (Å²) in [5.41, 5.74) is 1.53. The average molecular weight is 524 g/mol. The highest BCUT2D eigenvalue weighted by Crippen LogP contribution is 2.26. The Bertz CT molecular complexity index is 1420. The van der Waals surface area contributed by atoms with Crippen LogP contribution in [0.4, 0.5) is 37.7 Å². The van der Waals surface area contributed by atoms with Crippen LogP contribution >= 0.6 is 12.2 Å². The molecule has 4 rings (SSSR count). The van der Waals surface area contributed by atoms with E-state index in [0.717, 1.165) is 10.2 Å². The van der Waals surface area contributed by atoms with Gasteiger partial charge in [-0.1, -0.05) is 12.1 Å². The largest absolute Gasteiger partial charge is 0.330 e. The quantitative estimate of drug-likeness (QED) is 0.152. The lowest BCUT2D eigenvalue weighted by Gasteiger charge is -2.11. The Labute approximate surface area is 206 Å². The lowest BCUT2D eigenvalue weighted by molar-refractivity contribution is 0.366. The third-order valence-electron chi connectivity index (χ3n) is 5.38. The van der Waals surface area contributed by atoms with Gasteiger partial charge < -0.3 is 10.6 Å². The first-order valence-corrected chi connectivity index (χ1v) is 10.8. The summed E-state index contributed by atoms with van der Waals surface area (Å²) in [6, 6.07) is 6.00. The van der Waals surface area contributed by atoms with Crippen molar-refractivity contribution >= 4 is 28.7 Å². The third kappa shape index (κ3) is 5.05. The summed E-state index contributed by atoms with van der Waals surface area (Å²) in [5.74, 6) is -10.4. The van der Waals surface area contributed by atoms with Gasteiger partial charge in [0.25, 0.3) is 0 Å². The molecule has 6 nitrogen and oxygen atoms in total. The fourth-order valence-electron chi connectivity index (χ4n) is 3.54. The lowest BCUT2D eigenvalue weighted by atomic mass is 10.1. The van der Waals surface area contributed by atoms with Crippen LogP contribution in [0.25, 0.3) is 0 Å². The first-order chi connectivity index (χ1) is 17.0. The Balaban J connectivity index is 1.46. The molecule has 0 amide bonds. The SMILES string of the molecule is Cc1nn(Cc2c(F)c(F)c(F)c(F)c2F)c(C)c1NC(=S)Nc1cnn(Cc2ccc(F)cc2)c1. The van der Waals surface area contributed by atoms with E-state index in [1.807, 2.05) is 0 Å². The van der Waals surface area contributed by atoms with Gasteiger partial charge in [-0.15, -0.1) is 0 Å². The van der Waals surface area contributed by atoms with Crippen LogP contribution in [0.5, 0.6) is 0 Å². The lowest BCUT2D eigenvalue weighted by Crippen LogP contribution is -2.20. The summed E-state index contributed by atoms with van der Waals surface area (Å²) in [7, 11) is 0. The normalized spacial score (nSPS) is 11.1. The second kappa shape index (κ2) is 10.0. The number of halogens is 6. The van der Waals surface area contributed by atoms with Crippen LogP contribution in [0.1, 0.15) is 22.5 Å². The smallest absolute Gasteiger partial charge is 0.200 e. The van der Waals surface area contributed by atoms with Gasteiger partial charge in [-0.2, -0.15) is 10.2 Å². The molecular weight excluding hydrogens is 506 g/mol. The Morgan fingerprint density at radius 2 is 1.47 bits per heavy atom. The second-order valence-corrected chi connectivity index (χ2v) is 8.29. The zero-order valence-corrected chi connectivity index (χ0v) is 19.7. The summed E-state index contributed by atoms with van der Waals surface area (Å²) in [6.45, 7) is 2.87. The molecule has 0 aliphatic heterocycles. The number of rotatable bonds is 6. The third-order valence-corrected chi connectivity index (χ3v) is 5.58. The predicted molar refractivity (Wildman–Crippen MR) is 125 cm³/mol. The van der Waals surface area contributed by atoms with Crippen LogP contribution in [-0.2, 0) is 13.1 Å². The van der Waals surface area contributed by atoms with Crippen molar-refractivity contribution in [2.24, 2.45) is 0 Å². The van der Waals surface area contributed by atoms with Crippen LogP contribution in [0.15, 0.2) is 36.7 Å². The van der Waals surface area contributed by atoms with Crippen LogP contribution < -0.4 is 10.6 Å². The molecule has 36 heavy (non-hydrogen) atoms. The highest BCUT2D eigenvalue weighted by molar-refractivity contribution is 7.80. The summed E-state index contributed by atoms with van der Waals surface area (Å²) in [5, 5.41) is 14.4. The predicted octanol–water partition coefficient (Wildman–Crippen LogP) is 5.44. The average Bonchev–Trinajstić information content (AvgIpc) is 3.39. The molecule has 2 N–H and O–H groups in total. The van der Waals surface area contributed by atoms with E-state index >= 15 is 0 Å². The van der Waals surface area contributed by atoms with Gasteiger partial charge in [-0.25, -0.2) is 26.3 Å². The molecule has 0 saturated heterocycles. The van der Waals surface area contributed by atoms with Crippen LogP contribution in [-0.4, -0.2) is 24.7 Å². The number of hydrogen-bond donors (Lipinski definition) is 2. The van der Waals surface area contributed by atoms with Gasteiger partial charge in [0.05, 0.1) is 47.6 Å². The minimum absolute atomic E-state index is 0.151. The van der Waals surface area contributed by atoms with E-state index in [1.165, 1.54) is 18.3 Å². The molecule has 0 aliphatic rings. The molecule has 0 radical (unpaired) electrons. The first kappa shape index (κ1) is 25.2. The Morgan fingerprint density at radius 3 is 2.11 bits per heavy atom. The highest BCUT2D eigenvalue weighted by Gasteiger charge is 2.26.